The number of carbonyl (C=O) groups is 2. The summed E-state index contributed by atoms with van der Waals surface area (Å²) in [6.07, 6.45) is 0.930. The van der Waals surface area contributed by atoms with Crippen LogP contribution in [0.2, 0.25) is 5.02 Å². The van der Waals surface area contributed by atoms with Crippen LogP contribution in [0.4, 0.5) is 5.69 Å². The van der Waals surface area contributed by atoms with Gasteiger partial charge in [0.2, 0.25) is 11.8 Å². The second-order valence-electron chi connectivity index (χ2n) is 10.7. The molecule has 0 bridgehead atoms. The van der Waals surface area contributed by atoms with E-state index in [-0.39, 0.29) is 29.8 Å². The third kappa shape index (κ3) is 8.86. The zero-order valence-corrected chi connectivity index (χ0v) is 27.2. The van der Waals surface area contributed by atoms with Gasteiger partial charge < -0.3 is 15.0 Å². The molecule has 4 aromatic carbocycles. The summed E-state index contributed by atoms with van der Waals surface area (Å²) in [7, 11) is -2.71. The normalized spacial score (nSPS) is 12.5. The highest BCUT2D eigenvalue weighted by Gasteiger charge is 2.35. The van der Waals surface area contributed by atoms with Crippen LogP contribution in [-0.2, 0) is 32.6 Å². The lowest BCUT2D eigenvalue weighted by Crippen LogP contribution is -2.54. The van der Waals surface area contributed by atoms with Crippen molar-refractivity contribution in [2.45, 2.75) is 50.2 Å². The maximum absolute atomic E-state index is 14.5. The molecule has 0 spiro atoms. The topological polar surface area (TPSA) is 96.0 Å². The molecule has 10 heteroatoms. The van der Waals surface area contributed by atoms with E-state index in [2.05, 4.69) is 5.32 Å². The summed E-state index contributed by atoms with van der Waals surface area (Å²) in [5.74, 6) is -0.371. The number of amides is 2. The van der Waals surface area contributed by atoms with Gasteiger partial charge in [0, 0.05) is 24.0 Å². The molecule has 0 aliphatic heterocycles. The third-order valence-electron chi connectivity index (χ3n) is 7.48. The summed E-state index contributed by atoms with van der Waals surface area (Å²) < 4.78 is 34.5. The number of anilines is 1. The number of rotatable bonds is 14. The van der Waals surface area contributed by atoms with Crippen LogP contribution in [0.3, 0.4) is 0 Å². The van der Waals surface area contributed by atoms with E-state index in [1.807, 2.05) is 50.2 Å². The summed E-state index contributed by atoms with van der Waals surface area (Å²) in [5, 5.41) is 3.51. The second-order valence-corrected chi connectivity index (χ2v) is 13.0. The molecule has 0 aliphatic rings. The largest absolute Gasteiger partial charge is 0.497 e. The van der Waals surface area contributed by atoms with Gasteiger partial charge in [-0.1, -0.05) is 79.2 Å². The van der Waals surface area contributed by atoms with Crippen LogP contribution in [0.25, 0.3) is 0 Å². The van der Waals surface area contributed by atoms with Gasteiger partial charge in [0.05, 0.1) is 17.7 Å². The van der Waals surface area contributed by atoms with Gasteiger partial charge in [-0.05, 0) is 73.0 Å². The van der Waals surface area contributed by atoms with E-state index >= 15 is 0 Å². The molecule has 236 valence electrons. The van der Waals surface area contributed by atoms with Crippen LogP contribution in [0, 0.1) is 0 Å². The van der Waals surface area contributed by atoms with Crippen LogP contribution in [0.1, 0.15) is 31.4 Å². The number of sulfonamides is 1. The number of hydrogen-bond acceptors (Lipinski definition) is 5. The molecule has 8 nitrogen and oxygen atoms in total. The first-order chi connectivity index (χ1) is 21.6. The molecule has 0 heterocycles. The zero-order valence-electron chi connectivity index (χ0n) is 25.6. The van der Waals surface area contributed by atoms with Crippen molar-refractivity contribution in [1.29, 1.82) is 0 Å². The highest BCUT2D eigenvalue weighted by molar-refractivity contribution is 7.92. The molecule has 2 atom stereocenters. The number of hydrogen-bond donors (Lipinski definition) is 1. The fourth-order valence-corrected chi connectivity index (χ4v) is 6.45. The molecule has 4 rings (SSSR count). The summed E-state index contributed by atoms with van der Waals surface area (Å²) in [4.78, 5) is 29.8. The summed E-state index contributed by atoms with van der Waals surface area (Å²) in [6, 6.07) is 29.9. The Kier molecular flexibility index (Phi) is 11.6. The van der Waals surface area contributed by atoms with E-state index in [0.29, 0.717) is 28.4 Å². The molecule has 4 aromatic rings. The number of nitrogens with one attached hydrogen (secondary N) is 1. The van der Waals surface area contributed by atoms with Crippen LogP contribution in [0.15, 0.2) is 114 Å². The van der Waals surface area contributed by atoms with Crippen LogP contribution >= 0.6 is 11.6 Å². The van der Waals surface area contributed by atoms with E-state index in [4.69, 9.17) is 16.3 Å². The molecular formula is C35H38ClN3O5S. The van der Waals surface area contributed by atoms with Crippen molar-refractivity contribution in [1.82, 2.24) is 10.2 Å². The highest BCUT2D eigenvalue weighted by atomic mass is 35.5. The molecule has 2 amide bonds. The van der Waals surface area contributed by atoms with Crippen LogP contribution in [0.5, 0.6) is 5.75 Å². The Morgan fingerprint density at radius 2 is 1.49 bits per heavy atom. The van der Waals surface area contributed by atoms with Crippen molar-refractivity contribution in [3.63, 3.8) is 0 Å². The average Bonchev–Trinajstić information content (AvgIpc) is 3.05. The quantitative estimate of drug-likeness (QED) is 0.179. The molecule has 1 N–H and O–H groups in total. The molecule has 0 radical (unpaired) electrons. The number of para-hydroxylation sites is 1. The van der Waals surface area contributed by atoms with E-state index in [0.717, 1.165) is 9.87 Å². The Morgan fingerprint density at radius 1 is 0.867 bits per heavy atom. The van der Waals surface area contributed by atoms with Crippen molar-refractivity contribution in [2.24, 2.45) is 0 Å². The lowest BCUT2D eigenvalue weighted by Gasteiger charge is -2.34. The fourth-order valence-electron chi connectivity index (χ4n) is 4.82. The lowest BCUT2D eigenvalue weighted by molar-refractivity contribution is -0.140. The monoisotopic (exact) mass is 647 g/mol. The number of nitrogens with zero attached hydrogens (tertiary/aromatic N) is 2. The van der Waals surface area contributed by atoms with Gasteiger partial charge in [-0.2, -0.15) is 0 Å². The number of methoxy groups -OCH3 is 1. The minimum Gasteiger partial charge on any atom is -0.497 e. The van der Waals surface area contributed by atoms with Gasteiger partial charge in [0.1, 0.15) is 18.3 Å². The van der Waals surface area contributed by atoms with Gasteiger partial charge in [0.15, 0.2) is 0 Å². The molecule has 0 saturated carbocycles. The minimum atomic E-state index is -4.21. The molecule has 0 saturated heterocycles. The summed E-state index contributed by atoms with van der Waals surface area (Å²) >= 11 is 6.30. The third-order valence-corrected chi connectivity index (χ3v) is 9.51. The smallest absolute Gasteiger partial charge is 0.264 e. The summed E-state index contributed by atoms with van der Waals surface area (Å²) in [5.41, 5.74) is 1.87. The zero-order chi connectivity index (χ0) is 32.4. The van der Waals surface area contributed by atoms with Crippen molar-refractivity contribution in [2.75, 3.05) is 18.0 Å². The lowest BCUT2D eigenvalue weighted by atomic mass is 10.0. The molecule has 0 fully saturated rings. The summed E-state index contributed by atoms with van der Waals surface area (Å²) in [6.45, 7) is 3.36. The first kappa shape index (κ1) is 33.6. The van der Waals surface area contributed by atoms with E-state index in [1.54, 1.807) is 60.7 Å². The van der Waals surface area contributed by atoms with Crippen molar-refractivity contribution >= 4 is 39.1 Å². The standard InChI is InChI=1S/C35H38ClN3O5S/c1-4-26(2)37-35(41)33(23-27-12-7-5-8-13-27)38(24-28-14-11-15-29(36)22-28)34(40)25-39(30-16-9-6-10-17-30)45(42,43)32-20-18-31(44-3)19-21-32/h5-22,26,33H,4,23-25H2,1-3H3,(H,37,41). The SMILES string of the molecule is CCC(C)NC(=O)C(Cc1ccccc1)N(Cc1cccc(Cl)c1)C(=O)CN(c1ccccc1)S(=O)(=O)c1ccc(OC)cc1. The highest BCUT2D eigenvalue weighted by Crippen LogP contribution is 2.26. The van der Waals surface area contributed by atoms with E-state index in [1.165, 1.54) is 24.1 Å². The molecule has 45 heavy (non-hydrogen) atoms. The van der Waals surface area contributed by atoms with Crippen molar-refractivity contribution in [3.05, 3.63) is 125 Å². The Labute approximate surface area is 270 Å². The Bertz CT molecular complexity index is 1670. The Morgan fingerprint density at radius 3 is 2.09 bits per heavy atom. The maximum Gasteiger partial charge on any atom is 0.264 e. The second kappa shape index (κ2) is 15.6. The van der Waals surface area contributed by atoms with Gasteiger partial charge >= 0.3 is 0 Å². The molecular weight excluding hydrogens is 610 g/mol. The van der Waals surface area contributed by atoms with Crippen LogP contribution < -0.4 is 14.4 Å². The van der Waals surface area contributed by atoms with Gasteiger partial charge in [-0.25, -0.2) is 8.42 Å². The van der Waals surface area contributed by atoms with Crippen molar-refractivity contribution in [3.8, 4) is 5.75 Å². The molecule has 0 aromatic heterocycles. The first-order valence-electron chi connectivity index (χ1n) is 14.7. The Balaban J connectivity index is 1.79. The number of benzene rings is 4. The minimum absolute atomic E-state index is 0.00306. The predicted molar refractivity (Wildman–Crippen MR) is 178 cm³/mol. The van der Waals surface area contributed by atoms with Crippen molar-refractivity contribution < 1.29 is 22.7 Å². The number of ether oxygens (including phenoxy) is 1. The first-order valence-corrected chi connectivity index (χ1v) is 16.5. The van der Waals surface area contributed by atoms with Gasteiger partial charge in [-0.15, -0.1) is 0 Å². The Hall–Kier alpha value is -4.34. The number of carbonyl (C=O) groups excluding carboxylic acids is 2. The fraction of sp³-hybridized carbons (Fsp3) is 0.257. The predicted octanol–water partition coefficient (Wildman–Crippen LogP) is 6.10. The van der Waals surface area contributed by atoms with Gasteiger partial charge in [0.25, 0.3) is 10.0 Å². The van der Waals surface area contributed by atoms with Crippen LogP contribution in [-0.4, -0.2) is 50.9 Å². The van der Waals surface area contributed by atoms with E-state index < -0.39 is 28.5 Å². The molecule has 2 unspecified atom stereocenters. The average molecular weight is 648 g/mol. The molecule has 0 aliphatic carbocycles. The van der Waals surface area contributed by atoms with Gasteiger partial charge in [-0.3, -0.25) is 13.9 Å². The van der Waals surface area contributed by atoms with E-state index in [9.17, 15) is 18.0 Å². The maximum atomic E-state index is 14.5. The number of halogens is 1.